The van der Waals surface area contributed by atoms with Crippen molar-refractivity contribution in [3.63, 3.8) is 0 Å². The maximum atomic E-state index is 13.8. The first-order valence-corrected chi connectivity index (χ1v) is 8.90. The van der Waals surface area contributed by atoms with Crippen molar-refractivity contribution in [1.29, 1.82) is 0 Å². The van der Waals surface area contributed by atoms with E-state index in [2.05, 4.69) is 10.4 Å². The molecule has 0 bridgehead atoms. The molecule has 24 heavy (non-hydrogen) atoms. The number of halogens is 2. The highest BCUT2D eigenvalue weighted by atomic mass is 35.5. The summed E-state index contributed by atoms with van der Waals surface area (Å²) in [4.78, 5) is 0.0888. The SMILES string of the molecule is CNCC1CCN(S(=O)(=O)c2cnn(-c3ccccc3F)c2)C1.Cl. The molecule has 1 unspecified atom stereocenters. The summed E-state index contributed by atoms with van der Waals surface area (Å²) in [6.07, 6.45) is 3.47. The minimum Gasteiger partial charge on any atom is -0.319 e. The Morgan fingerprint density at radius 1 is 1.38 bits per heavy atom. The van der Waals surface area contributed by atoms with Crippen molar-refractivity contribution in [1.82, 2.24) is 19.4 Å². The van der Waals surface area contributed by atoms with Crippen molar-refractivity contribution >= 4 is 22.4 Å². The maximum absolute atomic E-state index is 13.8. The standard InChI is InChI=1S/C15H19FN4O2S.ClH/c1-17-8-12-6-7-19(10-12)23(21,22)13-9-18-20(11-13)15-5-3-2-4-14(15)16;/h2-5,9,11-12,17H,6-8,10H2,1H3;1H. The van der Waals surface area contributed by atoms with Crippen molar-refractivity contribution < 1.29 is 12.8 Å². The van der Waals surface area contributed by atoms with E-state index in [1.807, 2.05) is 7.05 Å². The predicted octanol–water partition coefficient (Wildman–Crippen LogP) is 1.66. The molecule has 1 aliphatic heterocycles. The lowest BCUT2D eigenvalue weighted by molar-refractivity contribution is 0.451. The Hall–Kier alpha value is -1.48. The molecule has 1 aromatic heterocycles. The smallest absolute Gasteiger partial charge is 0.246 e. The van der Waals surface area contributed by atoms with Crippen molar-refractivity contribution in [2.24, 2.45) is 5.92 Å². The molecule has 3 rings (SSSR count). The summed E-state index contributed by atoms with van der Waals surface area (Å²) in [5.74, 6) is -0.133. The lowest BCUT2D eigenvalue weighted by Crippen LogP contribution is -2.30. The highest BCUT2D eigenvalue weighted by Gasteiger charge is 2.33. The quantitative estimate of drug-likeness (QED) is 0.864. The molecule has 1 aromatic carbocycles. The van der Waals surface area contributed by atoms with Crippen LogP contribution in [0.2, 0.25) is 0 Å². The fourth-order valence-electron chi connectivity index (χ4n) is 2.83. The molecule has 1 saturated heterocycles. The third-order valence-electron chi connectivity index (χ3n) is 4.04. The van der Waals surface area contributed by atoms with E-state index in [0.29, 0.717) is 19.0 Å². The highest BCUT2D eigenvalue weighted by Crippen LogP contribution is 2.24. The van der Waals surface area contributed by atoms with Crippen molar-refractivity contribution in [2.45, 2.75) is 11.3 Å². The second kappa shape index (κ2) is 7.60. The average molecular weight is 375 g/mol. The van der Waals surface area contributed by atoms with E-state index in [4.69, 9.17) is 0 Å². The van der Waals surface area contributed by atoms with Gasteiger partial charge in [0, 0.05) is 13.1 Å². The van der Waals surface area contributed by atoms with Crippen LogP contribution in [0.4, 0.5) is 4.39 Å². The van der Waals surface area contributed by atoms with E-state index in [9.17, 15) is 12.8 Å². The summed E-state index contributed by atoms with van der Waals surface area (Å²) in [6, 6.07) is 6.12. The molecule has 0 spiro atoms. The largest absolute Gasteiger partial charge is 0.319 e. The number of benzene rings is 1. The molecule has 0 amide bonds. The van der Waals surface area contributed by atoms with Gasteiger partial charge in [0.2, 0.25) is 10.0 Å². The number of para-hydroxylation sites is 1. The zero-order valence-electron chi connectivity index (χ0n) is 13.2. The zero-order chi connectivity index (χ0) is 16.4. The third kappa shape index (κ3) is 3.61. The Morgan fingerprint density at radius 3 is 2.83 bits per heavy atom. The molecule has 0 aliphatic carbocycles. The van der Waals surface area contributed by atoms with Crippen molar-refractivity contribution in [2.75, 3.05) is 26.7 Å². The lowest BCUT2D eigenvalue weighted by Gasteiger charge is -2.15. The van der Waals surface area contributed by atoms with Crippen LogP contribution < -0.4 is 5.32 Å². The zero-order valence-corrected chi connectivity index (χ0v) is 14.9. The number of nitrogens with zero attached hydrogens (tertiary/aromatic N) is 3. The summed E-state index contributed by atoms with van der Waals surface area (Å²) in [7, 11) is -1.73. The Morgan fingerprint density at radius 2 is 2.12 bits per heavy atom. The molecular weight excluding hydrogens is 355 g/mol. The van der Waals surface area contributed by atoms with Gasteiger partial charge in [0.05, 0.1) is 12.4 Å². The van der Waals surface area contributed by atoms with Gasteiger partial charge in [0.15, 0.2) is 0 Å². The first kappa shape index (κ1) is 18.9. The van der Waals surface area contributed by atoms with Crippen molar-refractivity contribution in [3.05, 3.63) is 42.5 Å². The Bertz CT molecular complexity index is 796. The molecule has 0 saturated carbocycles. The van der Waals surface area contributed by atoms with Gasteiger partial charge in [-0.05, 0) is 38.1 Å². The van der Waals surface area contributed by atoms with Gasteiger partial charge in [0.25, 0.3) is 0 Å². The van der Waals surface area contributed by atoms with E-state index in [-0.39, 0.29) is 23.0 Å². The molecule has 1 atom stereocenters. The molecule has 1 N–H and O–H groups in total. The minimum atomic E-state index is -3.59. The van der Waals surface area contributed by atoms with Gasteiger partial charge in [-0.25, -0.2) is 17.5 Å². The monoisotopic (exact) mass is 374 g/mol. The molecule has 9 heteroatoms. The molecule has 1 aliphatic rings. The fraction of sp³-hybridized carbons (Fsp3) is 0.400. The second-order valence-electron chi connectivity index (χ2n) is 5.65. The van der Waals surface area contributed by atoms with Crippen molar-refractivity contribution in [3.8, 4) is 5.69 Å². The third-order valence-corrected chi connectivity index (χ3v) is 5.86. The maximum Gasteiger partial charge on any atom is 0.246 e. The first-order valence-electron chi connectivity index (χ1n) is 7.46. The molecule has 6 nitrogen and oxygen atoms in total. The lowest BCUT2D eigenvalue weighted by atomic mass is 10.1. The average Bonchev–Trinajstić information content (AvgIpc) is 3.17. The van der Waals surface area contributed by atoms with Crippen LogP contribution in [-0.2, 0) is 10.0 Å². The number of sulfonamides is 1. The fourth-order valence-corrected chi connectivity index (χ4v) is 4.29. The summed E-state index contributed by atoms with van der Waals surface area (Å²) in [6.45, 7) is 1.79. The molecule has 2 aromatic rings. The van der Waals surface area contributed by atoms with E-state index in [0.717, 1.165) is 13.0 Å². The summed E-state index contributed by atoms with van der Waals surface area (Å²) in [5.41, 5.74) is 0.225. The highest BCUT2D eigenvalue weighted by molar-refractivity contribution is 7.89. The van der Waals surface area contributed by atoms with Gasteiger partial charge in [-0.1, -0.05) is 12.1 Å². The Kier molecular flexibility index (Phi) is 5.97. The van der Waals surface area contributed by atoms with E-state index in [1.165, 1.54) is 27.4 Å². The molecular formula is C15H20ClFN4O2S. The van der Waals surface area contributed by atoms with Gasteiger partial charge in [0.1, 0.15) is 16.4 Å². The summed E-state index contributed by atoms with van der Waals surface area (Å²) in [5, 5.41) is 7.07. The first-order chi connectivity index (χ1) is 11.0. The number of hydrogen-bond acceptors (Lipinski definition) is 4. The number of hydrogen-bond donors (Lipinski definition) is 1. The van der Waals surface area contributed by atoms with Crippen LogP contribution in [0.15, 0.2) is 41.6 Å². The van der Waals surface area contributed by atoms with Gasteiger partial charge in [-0.15, -0.1) is 12.4 Å². The van der Waals surface area contributed by atoms with Crippen LogP contribution in [0.25, 0.3) is 5.69 Å². The predicted molar refractivity (Wildman–Crippen MR) is 91.6 cm³/mol. The molecule has 0 radical (unpaired) electrons. The van der Waals surface area contributed by atoms with E-state index >= 15 is 0 Å². The number of nitrogens with one attached hydrogen (secondary N) is 1. The van der Waals surface area contributed by atoms with Crippen LogP contribution in [0.5, 0.6) is 0 Å². The van der Waals surface area contributed by atoms with Gasteiger partial charge in [-0.2, -0.15) is 9.40 Å². The Labute approximate surface area is 147 Å². The number of aromatic nitrogens is 2. The second-order valence-corrected chi connectivity index (χ2v) is 7.59. The number of rotatable bonds is 5. The normalized spacial score (nSPS) is 18.5. The van der Waals surface area contributed by atoms with Gasteiger partial charge < -0.3 is 5.32 Å². The van der Waals surface area contributed by atoms with Crippen LogP contribution in [-0.4, -0.2) is 49.2 Å². The van der Waals surface area contributed by atoms with E-state index < -0.39 is 15.8 Å². The van der Waals surface area contributed by atoms with E-state index in [1.54, 1.807) is 18.2 Å². The molecule has 1 fully saturated rings. The summed E-state index contributed by atoms with van der Waals surface area (Å²) >= 11 is 0. The van der Waals surface area contributed by atoms with Gasteiger partial charge in [-0.3, -0.25) is 0 Å². The summed E-state index contributed by atoms with van der Waals surface area (Å²) < 4.78 is 41.9. The van der Waals surface area contributed by atoms with Crippen LogP contribution >= 0.6 is 12.4 Å². The van der Waals surface area contributed by atoms with Crippen LogP contribution in [0, 0.1) is 11.7 Å². The molecule has 132 valence electrons. The topological polar surface area (TPSA) is 67.2 Å². The van der Waals surface area contributed by atoms with Crippen LogP contribution in [0.3, 0.4) is 0 Å². The van der Waals surface area contributed by atoms with Gasteiger partial charge >= 0.3 is 0 Å². The molecule has 2 heterocycles. The Balaban J connectivity index is 0.00000208. The minimum absolute atomic E-state index is 0. The van der Waals surface area contributed by atoms with Crippen LogP contribution in [0.1, 0.15) is 6.42 Å².